The first-order valence-electron chi connectivity index (χ1n) is 5.01. The molecule has 1 aliphatic rings. The minimum atomic E-state index is -0.201. The van der Waals surface area contributed by atoms with Crippen LogP contribution in [0.25, 0.3) is 0 Å². The van der Waals surface area contributed by atoms with Gasteiger partial charge in [-0.3, -0.25) is 0 Å². The summed E-state index contributed by atoms with van der Waals surface area (Å²) in [6.07, 6.45) is 0.967. The number of rotatable bonds is 2. The summed E-state index contributed by atoms with van der Waals surface area (Å²) in [5.74, 6) is 0.399. The Bertz CT molecular complexity index is 348. The third kappa shape index (κ3) is 2.50. The van der Waals surface area contributed by atoms with E-state index < -0.39 is 0 Å². The molecule has 0 spiro atoms. The van der Waals surface area contributed by atoms with Crippen molar-refractivity contribution in [3.63, 3.8) is 0 Å². The molecule has 0 saturated carbocycles. The molecule has 15 heavy (non-hydrogen) atoms. The van der Waals surface area contributed by atoms with Gasteiger partial charge in [-0.05, 0) is 32.4 Å². The molecule has 0 bridgehead atoms. The first kappa shape index (κ1) is 11.7. The van der Waals surface area contributed by atoms with Crippen LogP contribution in [0.1, 0.15) is 18.7 Å². The van der Waals surface area contributed by atoms with Gasteiger partial charge in [0.25, 0.3) is 0 Å². The molecule has 0 amide bonds. The number of alkyl halides is 1. The molecule has 1 aliphatic heterocycles. The van der Waals surface area contributed by atoms with Crippen molar-refractivity contribution >= 4 is 34.5 Å². The first-order chi connectivity index (χ1) is 6.99. The van der Waals surface area contributed by atoms with E-state index in [2.05, 4.69) is 6.07 Å². The fourth-order valence-corrected chi connectivity index (χ4v) is 3.34. The zero-order valence-electron chi connectivity index (χ0n) is 8.80. The smallest absolute Gasteiger partial charge is 0.0931 e. The SMILES string of the molecule is CC1(C)OCC(Cc2ccc(Cl)s2)C1Cl. The van der Waals surface area contributed by atoms with Crippen LogP contribution in [0.4, 0.5) is 0 Å². The molecule has 1 aromatic rings. The normalized spacial score (nSPS) is 29.6. The molecule has 2 rings (SSSR count). The summed E-state index contributed by atoms with van der Waals surface area (Å²) >= 11 is 13.9. The van der Waals surface area contributed by atoms with E-state index in [1.807, 2.05) is 19.9 Å². The average molecular weight is 265 g/mol. The molecule has 1 fully saturated rings. The van der Waals surface area contributed by atoms with Crippen molar-refractivity contribution in [2.24, 2.45) is 5.92 Å². The molecule has 0 aromatic carbocycles. The molecular weight excluding hydrogens is 251 g/mol. The highest BCUT2D eigenvalue weighted by atomic mass is 35.5. The summed E-state index contributed by atoms with van der Waals surface area (Å²) in [4.78, 5) is 1.29. The van der Waals surface area contributed by atoms with Gasteiger partial charge >= 0.3 is 0 Å². The molecule has 2 atom stereocenters. The van der Waals surface area contributed by atoms with Crippen molar-refractivity contribution in [1.82, 2.24) is 0 Å². The standard InChI is InChI=1S/C11H14Cl2OS/c1-11(2)10(13)7(6-14-11)5-8-3-4-9(12)15-8/h3-4,7,10H,5-6H2,1-2H3. The van der Waals surface area contributed by atoms with Crippen LogP contribution in [-0.4, -0.2) is 17.6 Å². The van der Waals surface area contributed by atoms with E-state index in [0.717, 1.165) is 17.4 Å². The minimum Gasteiger partial charge on any atom is -0.374 e. The van der Waals surface area contributed by atoms with E-state index in [0.29, 0.717) is 5.92 Å². The molecule has 1 aromatic heterocycles. The molecule has 2 unspecified atom stereocenters. The van der Waals surface area contributed by atoms with Gasteiger partial charge in [-0.1, -0.05) is 11.6 Å². The summed E-state index contributed by atoms with van der Waals surface area (Å²) < 4.78 is 6.53. The van der Waals surface area contributed by atoms with Crippen LogP contribution in [0.3, 0.4) is 0 Å². The van der Waals surface area contributed by atoms with Crippen molar-refractivity contribution in [2.75, 3.05) is 6.61 Å². The molecular formula is C11H14Cl2OS. The highest BCUT2D eigenvalue weighted by molar-refractivity contribution is 7.16. The molecule has 1 saturated heterocycles. The van der Waals surface area contributed by atoms with E-state index in [1.165, 1.54) is 4.88 Å². The van der Waals surface area contributed by atoms with Crippen molar-refractivity contribution < 1.29 is 4.74 Å². The highest BCUT2D eigenvalue weighted by Crippen LogP contribution is 2.37. The Kier molecular flexibility index (Phi) is 3.32. The maximum atomic E-state index is 6.37. The van der Waals surface area contributed by atoms with Crippen LogP contribution in [0.2, 0.25) is 4.34 Å². The maximum absolute atomic E-state index is 6.37. The number of hydrogen-bond acceptors (Lipinski definition) is 2. The monoisotopic (exact) mass is 264 g/mol. The summed E-state index contributed by atoms with van der Waals surface area (Å²) in [6.45, 7) is 4.84. The predicted molar refractivity (Wildman–Crippen MR) is 66.2 cm³/mol. The summed E-state index contributed by atoms with van der Waals surface area (Å²) in [7, 11) is 0. The van der Waals surface area contributed by atoms with Crippen LogP contribution in [0, 0.1) is 5.92 Å². The second-order valence-corrected chi connectivity index (χ2v) is 6.76. The molecule has 84 valence electrons. The van der Waals surface area contributed by atoms with Crippen LogP contribution in [-0.2, 0) is 11.2 Å². The van der Waals surface area contributed by atoms with Crippen LogP contribution >= 0.6 is 34.5 Å². The van der Waals surface area contributed by atoms with E-state index in [9.17, 15) is 0 Å². The minimum absolute atomic E-state index is 0.0818. The fourth-order valence-electron chi connectivity index (χ4n) is 1.94. The van der Waals surface area contributed by atoms with Crippen molar-refractivity contribution in [3.8, 4) is 0 Å². The maximum Gasteiger partial charge on any atom is 0.0931 e. The van der Waals surface area contributed by atoms with E-state index in [1.54, 1.807) is 11.3 Å². The van der Waals surface area contributed by atoms with Gasteiger partial charge in [0.1, 0.15) is 0 Å². The Balaban J connectivity index is 2.02. The Labute approximate surface area is 104 Å². The molecule has 0 aliphatic carbocycles. The molecule has 0 N–H and O–H groups in total. The first-order valence-corrected chi connectivity index (χ1v) is 6.64. The van der Waals surface area contributed by atoms with E-state index >= 15 is 0 Å². The Morgan fingerprint density at radius 1 is 1.53 bits per heavy atom. The summed E-state index contributed by atoms with van der Waals surface area (Å²) in [6, 6.07) is 4.01. The number of hydrogen-bond donors (Lipinski definition) is 0. The molecule has 4 heteroatoms. The highest BCUT2D eigenvalue weighted by Gasteiger charge is 2.41. The lowest BCUT2D eigenvalue weighted by Crippen LogP contribution is -2.31. The quantitative estimate of drug-likeness (QED) is 0.735. The van der Waals surface area contributed by atoms with Crippen LogP contribution in [0.15, 0.2) is 12.1 Å². The van der Waals surface area contributed by atoms with Gasteiger partial charge < -0.3 is 4.74 Å². The van der Waals surface area contributed by atoms with Gasteiger partial charge in [0, 0.05) is 10.8 Å². The Morgan fingerprint density at radius 2 is 2.27 bits per heavy atom. The van der Waals surface area contributed by atoms with Gasteiger partial charge in [-0.2, -0.15) is 0 Å². The van der Waals surface area contributed by atoms with Crippen molar-refractivity contribution in [2.45, 2.75) is 31.2 Å². The van der Waals surface area contributed by atoms with Crippen molar-refractivity contribution in [3.05, 3.63) is 21.3 Å². The number of ether oxygens (including phenoxy) is 1. The summed E-state index contributed by atoms with van der Waals surface area (Å²) in [5, 5.41) is 0.0818. The lowest BCUT2D eigenvalue weighted by molar-refractivity contribution is 0.0365. The number of halogens is 2. The molecule has 1 nitrogen and oxygen atoms in total. The second kappa shape index (κ2) is 4.25. The van der Waals surface area contributed by atoms with E-state index in [4.69, 9.17) is 27.9 Å². The zero-order chi connectivity index (χ0) is 11.1. The second-order valence-electron chi connectivity index (χ2n) is 4.49. The fraction of sp³-hybridized carbons (Fsp3) is 0.636. The predicted octanol–water partition coefficient (Wildman–Crippen LogP) is 3.98. The number of thiophene rings is 1. The van der Waals surface area contributed by atoms with Gasteiger partial charge in [0.2, 0.25) is 0 Å². The largest absolute Gasteiger partial charge is 0.374 e. The summed E-state index contributed by atoms with van der Waals surface area (Å²) in [5.41, 5.74) is -0.201. The average Bonchev–Trinajstić information content (AvgIpc) is 2.66. The van der Waals surface area contributed by atoms with Gasteiger partial charge in [-0.15, -0.1) is 22.9 Å². The lowest BCUT2D eigenvalue weighted by Gasteiger charge is -2.22. The zero-order valence-corrected chi connectivity index (χ0v) is 11.1. The van der Waals surface area contributed by atoms with E-state index in [-0.39, 0.29) is 11.0 Å². The Morgan fingerprint density at radius 3 is 2.73 bits per heavy atom. The van der Waals surface area contributed by atoms with Gasteiger partial charge in [0.15, 0.2) is 0 Å². The van der Waals surface area contributed by atoms with Crippen molar-refractivity contribution in [1.29, 1.82) is 0 Å². The van der Waals surface area contributed by atoms with Gasteiger partial charge in [0.05, 0.1) is 21.9 Å². The van der Waals surface area contributed by atoms with Crippen LogP contribution in [0.5, 0.6) is 0 Å². The third-order valence-electron chi connectivity index (χ3n) is 2.84. The Hall–Kier alpha value is 0.240. The molecule has 0 radical (unpaired) electrons. The van der Waals surface area contributed by atoms with Gasteiger partial charge in [-0.25, -0.2) is 0 Å². The topological polar surface area (TPSA) is 9.23 Å². The lowest BCUT2D eigenvalue weighted by atomic mass is 9.94. The molecule has 2 heterocycles. The van der Waals surface area contributed by atoms with Crippen LogP contribution < -0.4 is 0 Å². The third-order valence-corrected chi connectivity index (χ3v) is 4.97.